The third-order valence-corrected chi connectivity index (χ3v) is 5.50. The van der Waals surface area contributed by atoms with E-state index in [4.69, 9.17) is 0 Å². The molecule has 0 saturated carbocycles. The van der Waals surface area contributed by atoms with Crippen LogP contribution in [0.1, 0.15) is 5.56 Å². The second-order valence-electron chi connectivity index (χ2n) is 7.55. The molecule has 1 aliphatic rings. The van der Waals surface area contributed by atoms with Crippen LogP contribution in [0, 0.1) is 10.1 Å². The molecule has 0 aliphatic carbocycles. The van der Waals surface area contributed by atoms with Crippen LogP contribution in [0.25, 0.3) is 10.9 Å². The summed E-state index contributed by atoms with van der Waals surface area (Å²) in [6.45, 7) is 0.925. The highest BCUT2D eigenvalue weighted by Crippen LogP contribution is 2.31. The number of amides is 1. The normalized spacial score (nSPS) is 14.5. The fourth-order valence-electron chi connectivity index (χ4n) is 3.71. The molecule has 3 aromatic rings. The van der Waals surface area contributed by atoms with Crippen LogP contribution < -0.4 is 10.5 Å². The van der Waals surface area contributed by atoms with Crippen LogP contribution in [0.15, 0.2) is 53.6 Å². The Balaban J connectivity index is 1.45. The molecule has 1 saturated heterocycles. The number of alkyl halides is 3. The number of carbonyl (C=O) groups excluding carboxylic acids is 1. The summed E-state index contributed by atoms with van der Waals surface area (Å²) in [6, 6.07) is 8.76. The molecule has 2 aromatic carbocycles. The fraction of sp³-hybridized carbons (Fsp3) is 0.286. The summed E-state index contributed by atoms with van der Waals surface area (Å²) in [7, 11) is 0. The first-order valence-corrected chi connectivity index (χ1v) is 9.97. The van der Waals surface area contributed by atoms with E-state index < -0.39 is 22.2 Å². The summed E-state index contributed by atoms with van der Waals surface area (Å²) in [5.41, 5.74) is -0.852. The van der Waals surface area contributed by atoms with Gasteiger partial charge in [-0.15, -0.1) is 0 Å². The number of halogens is 3. The van der Waals surface area contributed by atoms with E-state index in [2.05, 4.69) is 4.98 Å². The molecular weight excluding hydrogens is 443 g/mol. The lowest BCUT2D eigenvalue weighted by atomic mass is 10.1. The molecule has 33 heavy (non-hydrogen) atoms. The molecule has 0 spiro atoms. The van der Waals surface area contributed by atoms with E-state index in [1.807, 2.05) is 0 Å². The first-order valence-electron chi connectivity index (χ1n) is 9.97. The number of anilines is 1. The van der Waals surface area contributed by atoms with E-state index in [0.717, 1.165) is 22.8 Å². The number of rotatable bonds is 4. The van der Waals surface area contributed by atoms with Crippen molar-refractivity contribution in [3.05, 3.63) is 74.8 Å². The van der Waals surface area contributed by atoms with Gasteiger partial charge in [0, 0.05) is 44.0 Å². The Morgan fingerprint density at radius 2 is 1.82 bits per heavy atom. The third-order valence-electron chi connectivity index (χ3n) is 5.50. The maximum Gasteiger partial charge on any atom is 0.416 e. The average molecular weight is 461 g/mol. The second-order valence-corrected chi connectivity index (χ2v) is 7.55. The zero-order valence-corrected chi connectivity index (χ0v) is 17.2. The van der Waals surface area contributed by atoms with E-state index >= 15 is 0 Å². The molecule has 1 aliphatic heterocycles. The lowest BCUT2D eigenvalue weighted by Gasteiger charge is -2.36. The Morgan fingerprint density at radius 1 is 1.09 bits per heavy atom. The van der Waals surface area contributed by atoms with Crippen LogP contribution >= 0.6 is 0 Å². The third kappa shape index (κ3) is 4.64. The largest absolute Gasteiger partial charge is 0.416 e. The fourth-order valence-corrected chi connectivity index (χ4v) is 3.71. The maximum absolute atomic E-state index is 13.0. The molecule has 172 valence electrons. The standard InChI is InChI=1S/C21H18F3N5O4/c22-21(23,24)14-2-1-3-15(10-14)26-6-8-27(9-7-26)19(30)12-28-13-25-18-5-4-16(29(32)33)11-17(18)20(28)31/h1-5,10-11,13H,6-9,12H2. The predicted molar refractivity (Wildman–Crippen MR) is 113 cm³/mol. The van der Waals surface area contributed by atoms with Crippen LogP contribution in [-0.2, 0) is 17.5 Å². The van der Waals surface area contributed by atoms with Gasteiger partial charge in [0.1, 0.15) is 6.54 Å². The molecule has 0 N–H and O–H groups in total. The number of aromatic nitrogens is 2. The van der Waals surface area contributed by atoms with E-state index in [9.17, 15) is 32.9 Å². The number of nitro benzene ring substituents is 1. The lowest BCUT2D eigenvalue weighted by molar-refractivity contribution is -0.384. The van der Waals surface area contributed by atoms with Crippen molar-refractivity contribution in [2.45, 2.75) is 12.7 Å². The Hall–Kier alpha value is -3.96. The Labute approximate surface area is 184 Å². The molecule has 2 heterocycles. The van der Waals surface area contributed by atoms with Gasteiger partial charge in [-0.1, -0.05) is 6.07 Å². The van der Waals surface area contributed by atoms with Gasteiger partial charge in [-0.05, 0) is 24.3 Å². The van der Waals surface area contributed by atoms with Crippen LogP contribution in [-0.4, -0.2) is 51.5 Å². The molecule has 9 nitrogen and oxygen atoms in total. The van der Waals surface area contributed by atoms with Gasteiger partial charge in [-0.25, -0.2) is 4.98 Å². The van der Waals surface area contributed by atoms with Crippen molar-refractivity contribution in [3.63, 3.8) is 0 Å². The lowest BCUT2D eigenvalue weighted by Crippen LogP contribution is -2.50. The molecule has 0 atom stereocenters. The Kier molecular flexibility index (Phi) is 5.75. The zero-order chi connectivity index (χ0) is 23.8. The number of nitrogens with zero attached hydrogens (tertiary/aromatic N) is 5. The number of non-ortho nitro benzene ring substituents is 1. The molecular formula is C21H18F3N5O4. The van der Waals surface area contributed by atoms with Gasteiger partial charge in [-0.2, -0.15) is 13.2 Å². The molecule has 0 unspecified atom stereocenters. The average Bonchev–Trinajstić information content (AvgIpc) is 2.80. The Bertz CT molecular complexity index is 1280. The first-order chi connectivity index (χ1) is 15.6. The number of carbonyl (C=O) groups is 1. The van der Waals surface area contributed by atoms with Gasteiger partial charge >= 0.3 is 6.18 Å². The summed E-state index contributed by atoms with van der Waals surface area (Å²) < 4.78 is 40.0. The minimum Gasteiger partial charge on any atom is -0.368 e. The van der Waals surface area contributed by atoms with Crippen LogP contribution in [0.4, 0.5) is 24.5 Å². The van der Waals surface area contributed by atoms with Crippen LogP contribution in [0.3, 0.4) is 0 Å². The van der Waals surface area contributed by atoms with Gasteiger partial charge in [0.25, 0.3) is 11.2 Å². The van der Waals surface area contributed by atoms with Crippen molar-refractivity contribution < 1.29 is 22.9 Å². The topological polar surface area (TPSA) is 102 Å². The van der Waals surface area contributed by atoms with Gasteiger partial charge in [0.15, 0.2) is 0 Å². The zero-order valence-electron chi connectivity index (χ0n) is 17.2. The van der Waals surface area contributed by atoms with E-state index in [1.54, 1.807) is 11.0 Å². The summed E-state index contributed by atoms with van der Waals surface area (Å²) in [5, 5.41) is 11.0. The first kappa shape index (κ1) is 22.2. The summed E-state index contributed by atoms with van der Waals surface area (Å²) in [6.07, 6.45) is -3.22. The Morgan fingerprint density at radius 3 is 2.48 bits per heavy atom. The monoisotopic (exact) mass is 461 g/mol. The molecule has 1 fully saturated rings. The van der Waals surface area contributed by atoms with Gasteiger partial charge < -0.3 is 9.80 Å². The van der Waals surface area contributed by atoms with Gasteiger partial charge in [0.2, 0.25) is 5.91 Å². The van der Waals surface area contributed by atoms with E-state index in [1.165, 1.54) is 29.4 Å². The number of hydrogen-bond donors (Lipinski definition) is 0. The highest BCUT2D eigenvalue weighted by Gasteiger charge is 2.31. The molecule has 12 heteroatoms. The highest BCUT2D eigenvalue weighted by molar-refractivity contribution is 5.81. The van der Waals surface area contributed by atoms with E-state index in [0.29, 0.717) is 18.8 Å². The maximum atomic E-state index is 13.0. The minimum absolute atomic E-state index is 0.0360. The number of benzene rings is 2. The predicted octanol–water partition coefficient (Wildman–Crippen LogP) is 2.67. The number of piperazine rings is 1. The van der Waals surface area contributed by atoms with Gasteiger partial charge in [-0.3, -0.25) is 24.3 Å². The van der Waals surface area contributed by atoms with Crippen molar-refractivity contribution in [1.82, 2.24) is 14.5 Å². The molecule has 1 amide bonds. The number of nitro groups is 1. The van der Waals surface area contributed by atoms with Crippen molar-refractivity contribution in [2.24, 2.45) is 0 Å². The van der Waals surface area contributed by atoms with Crippen molar-refractivity contribution in [3.8, 4) is 0 Å². The van der Waals surface area contributed by atoms with Crippen molar-refractivity contribution in [2.75, 3.05) is 31.1 Å². The molecule has 0 bridgehead atoms. The highest BCUT2D eigenvalue weighted by atomic mass is 19.4. The van der Waals surface area contributed by atoms with Crippen LogP contribution in [0.2, 0.25) is 0 Å². The smallest absolute Gasteiger partial charge is 0.368 e. The SMILES string of the molecule is O=C(Cn1cnc2ccc([N+](=O)[O-])cc2c1=O)N1CCN(c2cccc(C(F)(F)F)c2)CC1. The van der Waals surface area contributed by atoms with Gasteiger partial charge in [0.05, 0.1) is 27.7 Å². The molecule has 1 aromatic heterocycles. The summed E-state index contributed by atoms with van der Waals surface area (Å²) in [5.74, 6) is -0.354. The number of fused-ring (bicyclic) bond motifs is 1. The quantitative estimate of drug-likeness (QED) is 0.437. The van der Waals surface area contributed by atoms with Crippen molar-refractivity contribution >= 4 is 28.2 Å². The number of hydrogen-bond acceptors (Lipinski definition) is 6. The summed E-state index contributed by atoms with van der Waals surface area (Å²) >= 11 is 0. The van der Waals surface area contributed by atoms with Crippen LogP contribution in [0.5, 0.6) is 0 Å². The second kappa shape index (κ2) is 8.52. The summed E-state index contributed by atoms with van der Waals surface area (Å²) in [4.78, 5) is 43.2. The molecule has 4 rings (SSSR count). The minimum atomic E-state index is -4.44. The van der Waals surface area contributed by atoms with Crippen molar-refractivity contribution in [1.29, 1.82) is 0 Å². The molecule has 0 radical (unpaired) electrons. The van der Waals surface area contributed by atoms with E-state index in [-0.39, 0.29) is 42.1 Å².